The lowest BCUT2D eigenvalue weighted by molar-refractivity contribution is 0.868. The molecule has 18 heavy (non-hydrogen) atoms. The van der Waals surface area contributed by atoms with E-state index >= 15 is 0 Å². The Morgan fingerprint density at radius 3 is 2.39 bits per heavy atom. The molecule has 0 amide bonds. The van der Waals surface area contributed by atoms with E-state index < -0.39 is 0 Å². The van der Waals surface area contributed by atoms with Crippen molar-refractivity contribution in [2.75, 3.05) is 6.26 Å². The molecule has 0 aliphatic heterocycles. The Kier molecular flexibility index (Phi) is 3.98. The first-order chi connectivity index (χ1) is 8.47. The van der Waals surface area contributed by atoms with Crippen molar-refractivity contribution in [3.63, 3.8) is 0 Å². The van der Waals surface area contributed by atoms with E-state index in [1.54, 1.807) is 11.8 Å². The first kappa shape index (κ1) is 13.8. The van der Waals surface area contributed by atoms with Crippen LogP contribution in [-0.2, 0) is 0 Å². The first-order valence-electron chi connectivity index (χ1n) is 6.27. The minimum Gasteiger partial charge on any atom is -0.142 e. The minimum atomic E-state index is 0.551. The van der Waals surface area contributed by atoms with Gasteiger partial charge in [-0.05, 0) is 53.8 Å². The lowest BCUT2D eigenvalue weighted by Crippen LogP contribution is -1.84. The molecular weight excluding hydrogens is 256 g/mol. The normalized spacial score (nSPS) is 11.5. The van der Waals surface area contributed by atoms with E-state index in [4.69, 9.17) is 12.6 Å². The minimum absolute atomic E-state index is 0.551. The summed E-state index contributed by atoms with van der Waals surface area (Å²) in [6.07, 6.45) is 2.12. The Bertz CT molecular complexity index is 556. The van der Waals surface area contributed by atoms with Crippen molar-refractivity contribution in [3.05, 3.63) is 34.9 Å². The lowest BCUT2D eigenvalue weighted by atomic mass is 10.0. The molecule has 0 saturated heterocycles. The Morgan fingerprint density at radius 1 is 1.17 bits per heavy atom. The highest BCUT2D eigenvalue weighted by atomic mass is 32.2. The van der Waals surface area contributed by atoms with Gasteiger partial charge in [0.1, 0.15) is 0 Å². The summed E-state index contributed by atoms with van der Waals surface area (Å²) < 4.78 is 0. The molecule has 0 atom stereocenters. The average molecular weight is 276 g/mol. The molecule has 0 heterocycles. The SMILES string of the molecule is CSc1c(C)c2cc(C(C)C)ccc(C)c-2c1S. The van der Waals surface area contributed by atoms with Crippen molar-refractivity contribution in [2.45, 2.75) is 43.4 Å². The van der Waals surface area contributed by atoms with Crippen LogP contribution in [0.2, 0.25) is 0 Å². The smallest absolute Gasteiger partial charge is 0.0261 e. The summed E-state index contributed by atoms with van der Waals surface area (Å²) in [4.78, 5) is 2.45. The summed E-state index contributed by atoms with van der Waals surface area (Å²) in [5.74, 6) is 0.551. The topological polar surface area (TPSA) is 0 Å². The van der Waals surface area contributed by atoms with E-state index in [2.05, 4.69) is 52.1 Å². The number of thiol groups is 1. The molecule has 2 aliphatic rings. The maximum absolute atomic E-state index is 4.73. The highest BCUT2D eigenvalue weighted by molar-refractivity contribution is 7.99. The van der Waals surface area contributed by atoms with Crippen LogP contribution in [0, 0.1) is 13.8 Å². The van der Waals surface area contributed by atoms with Gasteiger partial charge in [-0.15, -0.1) is 24.4 Å². The third-order valence-corrected chi connectivity index (χ3v) is 5.08. The lowest BCUT2D eigenvalue weighted by Gasteiger charge is -2.03. The fourth-order valence-corrected chi connectivity index (χ4v) is 3.89. The van der Waals surface area contributed by atoms with Crippen LogP contribution in [0.1, 0.15) is 36.5 Å². The van der Waals surface area contributed by atoms with Gasteiger partial charge in [-0.2, -0.15) is 0 Å². The van der Waals surface area contributed by atoms with Crippen molar-refractivity contribution < 1.29 is 0 Å². The molecule has 0 aromatic rings. The molecule has 0 fully saturated rings. The number of rotatable bonds is 2. The molecule has 0 saturated carbocycles. The van der Waals surface area contributed by atoms with E-state index in [0.29, 0.717) is 5.92 Å². The second-order valence-corrected chi connectivity index (χ2v) is 6.37. The summed E-state index contributed by atoms with van der Waals surface area (Å²) in [5, 5.41) is 0. The van der Waals surface area contributed by atoms with Crippen LogP contribution in [0.5, 0.6) is 0 Å². The Hall–Kier alpha value is -0.600. The van der Waals surface area contributed by atoms with Crippen LogP contribution in [0.4, 0.5) is 0 Å². The standard InChI is InChI=1S/C16H20S2/c1-9(2)12-7-6-10(3)14-13(8-12)11(4)16(18-5)15(14)17/h6-9,17H,1-5H3. The zero-order chi connectivity index (χ0) is 13.4. The predicted octanol–water partition coefficient (Wildman–Crippen LogP) is 5.54. The average Bonchev–Trinajstić information content (AvgIpc) is 2.47. The highest BCUT2D eigenvalue weighted by Crippen LogP contribution is 2.45. The van der Waals surface area contributed by atoms with Crippen molar-refractivity contribution in [2.24, 2.45) is 0 Å². The molecule has 0 aromatic heterocycles. The highest BCUT2D eigenvalue weighted by Gasteiger charge is 2.19. The summed E-state index contributed by atoms with van der Waals surface area (Å²) in [6.45, 7) is 8.87. The van der Waals surface area contributed by atoms with Gasteiger partial charge in [0, 0.05) is 9.79 Å². The van der Waals surface area contributed by atoms with Gasteiger partial charge in [-0.1, -0.05) is 32.0 Å². The second-order valence-electron chi connectivity index (χ2n) is 5.11. The molecular formula is C16H20S2. The quantitative estimate of drug-likeness (QED) is 0.555. The third kappa shape index (κ3) is 2.17. The Morgan fingerprint density at radius 2 is 1.83 bits per heavy atom. The Labute approximate surface area is 120 Å². The van der Waals surface area contributed by atoms with Crippen molar-refractivity contribution in [1.29, 1.82) is 0 Å². The summed E-state index contributed by atoms with van der Waals surface area (Å²) in [7, 11) is 0. The molecule has 0 spiro atoms. The van der Waals surface area contributed by atoms with Gasteiger partial charge < -0.3 is 0 Å². The van der Waals surface area contributed by atoms with Crippen LogP contribution >= 0.6 is 24.4 Å². The zero-order valence-corrected chi connectivity index (χ0v) is 13.4. The third-order valence-electron chi connectivity index (χ3n) is 3.57. The molecule has 0 N–H and O–H groups in total. The van der Waals surface area contributed by atoms with Crippen LogP contribution < -0.4 is 0 Å². The number of hydrogen-bond acceptors (Lipinski definition) is 2. The molecule has 0 nitrogen and oxygen atoms in total. The molecule has 96 valence electrons. The van der Waals surface area contributed by atoms with Crippen molar-refractivity contribution in [3.8, 4) is 11.1 Å². The zero-order valence-electron chi connectivity index (χ0n) is 11.7. The molecule has 2 aliphatic carbocycles. The summed E-state index contributed by atoms with van der Waals surface area (Å²) >= 11 is 6.52. The Balaban J connectivity index is 2.83. The van der Waals surface area contributed by atoms with Gasteiger partial charge in [0.15, 0.2) is 0 Å². The maximum atomic E-state index is 4.73. The van der Waals surface area contributed by atoms with Crippen LogP contribution in [0.25, 0.3) is 11.1 Å². The van der Waals surface area contributed by atoms with E-state index in [1.807, 2.05) is 0 Å². The predicted molar refractivity (Wildman–Crippen MR) is 85.7 cm³/mol. The van der Waals surface area contributed by atoms with Gasteiger partial charge in [0.05, 0.1) is 0 Å². The first-order valence-corrected chi connectivity index (χ1v) is 7.94. The molecule has 0 aromatic carbocycles. The van der Waals surface area contributed by atoms with Gasteiger partial charge in [-0.3, -0.25) is 0 Å². The number of aryl methyl sites for hydroxylation is 1. The van der Waals surface area contributed by atoms with E-state index in [1.165, 1.54) is 32.7 Å². The van der Waals surface area contributed by atoms with Gasteiger partial charge in [-0.25, -0.2) is 0 Å². The van der Waals surface area contributed by atoms with Gasteiger partial charge in [0.25, 0.3) is 0 Å². The van der Waals surface area contributed by atoms with E-state index in [0.717, 1.165) is 4.90 Å². The molecule has 0 unspecified atom stereocenters. The van der Waals surface area contributed by atoms with Crippen molar-refractivity contribution >= 4 is 24.4 Å². The summed E-state index contributed by atoms with van der Waals surface area (Å²) in [6, 6.07) is 6.80. The van der Waals surface area contributed by atoms with E-state index in [9.17, 15) is 0 Å². The number of fused-ring (bicyclic) bond motifs is 1. The molecule has 0 radical (unpaired) electrons. The van der Waals surface area contributed by atoms with E-state index in [-0.39, 0.29) is 0 Å². The van der Waals surface area contributed by atoms with Gasteiger partial charge >= 0.3 is 0 Å². The second kappa shape index (κ2) is 5.18. The fourth-order valence-electron chi connectivity index (χ4n) is 2.44. The van der Waals surface area contributed by atoms with Crippen LogP contribution in [0.15, 0.2) is 28.0 Å². The molecule has 0 bridgehead atoms. The number of hydrogen-bond donors (Lipinski definition) is 1. The summed E-state index contributed by atoms with van der Waals surface area (Å²) in [5.41, 5.74) is 6.74. The maximum Gasteiger partial charge on any atom is 0.0261 e. The van der Waals surface area contributed by atoms with Gasteiger partial charge in [0.2, 0.25) is 0 Å². The fraction of sp³-hybridized carbons (Fsp3) is 0.375. The van der Waals surface area contributed by atoms with Crippen LogP contribution in [-0.4, -0.2) is 6.26 Å². The number of thioether (sulfide) groups is 1. The van der Waals surface area contributed by atoms with Crippen LogP contribution in [0.3, 0.4) is 0 Å². The molecule has 2 rings (SSSR count). The monoisotopic (exact) mass is 276 g/mol. The van der Waals surface area contributed by atoms with Crippen molar-refractivity contribution in [1.82, 2.24) is 0 Å². The molecule has 2 heteroatoms. The largest absolute Gasteiger partial charge is 0.142 e.